The van der Waals surface area contributed by atoms with E-state index in [1.54, 1.807) is 0 Å². The third-order valence-corrected chi connectivity index (χ3v) is 3.78. The maximum atomic E-state index is 10.2. The molecule has 1 saturated carbocycles. The molecule has 1 aromatic rings. The normalized spacial score (nSPS) is 19.3. The lowest BCUT2D eigenvalue weighted by molar-refractivity contribution is 0.103. The Morgan fingerprint density at radius 3 is 2.47 bits per heavy atom. The predicted octanol–water partition coefficient (Wildman–Crippen LogP) is 2.03. The SMILES string of the molecule is CC(C1CC1)N(C)CC(O)c1ccc(N)cc1. The molecule has 3 N–H and O–H groups in total. The number of aliphatic hydroxyl groups excluding tert-OH is 1. The lowest BCUT2D eigenvalue weighted by atomic mass is 10.1. The van der Waals surface area contributed by atoms with Gasteiger partial charge in [-0.15, -0.1) is 0 Å². The minimum absolute atomic E-state index is 0.429. The molecule has 3 heteroatoms. The van der Waals surface area contributed by atoms with Gasteiger partial charge in [-0.3, -0.25) is 0 Å². The van der Waals surface area contributed by atoms with Crippen LogP contribution in [0.2, 0.25) is 0 Å². The van der Waals surface area contributed by atoms with E-state index >= 15 is 0 Å². The third kappa shape index (κ3) is 3.20. The highest BCUT2D eigenvalue weighted by molar-refractivity contribution is 5.39. The fourth-order valence-electron chi connectivity index (χ4n) is 2.20. The molecule has 0 amide bonds. The van der Waals surface area contributed by atoms with E-state index in [2.05, 4.69) is 18.9 Å². The molecule has 0 saturated heterocycles. The molecule has 0 aromatic heterocycles. The Morgan fingerprint density at radius 1 is 1.35 bits per heavy atom. The summed E-state index contributed by atoms with van der Waals surface area (Å²) in [6, 6.07) is 8.04. The van der Waals surface area contributed by atoms with E-state index < -0.39 is 6.10 Å². The van der Waals surface area contributed by atoms with Gasteiger partial charge in [0.05, 0.1) is 6.10 Å². The molecule has 1 aliphatic carbocycles. The topological polar surface area (TPSA) is 49.5 Å². The number of nitrogens with two attached hydrogens (primary N) is 1. The number of hydrogen-bond acceptors (Lipinski definition) is 3. The van der Waals surface area contributed by atoms with Crippen molar-refractivity contribution in [2.45, 2.75) is 31.9 Å². The van der Waals surface area contributed by atoms with E-state index in [0.29, 0.717) is 12.6 Å². The summed E-state index contributed by atoms with van der Waals surface area (Å²) in [6.45, 7) is 2.93. The van der Waals surface area contributed by atoms with Crippen LogP contribution in [0.15, 0.2) is 24.3 Å². The Labute approximate surface area is 103 Å². The monoisotopic (exact) mass is 234 g/mol. The Hall–Kier alpha value is -1.06. The van der Waals surface area contributed by atoms with Gasteiger partial charge < -0.3 is 15.7 Å². The molecule has 0 heterocycles. The van der Waals surface area contributed by atoms with Crippen LogP contribution in [0.1, 0.15) is 31.4 Å². The van der Waals surface area contributed by atoms with Crippen molar-refractivity contribution in [3.8, 4) is 0 Å². The van der Waals surface area contributed by atoms with E-state index in [-0.39, 0.29) is 0 Å². The second kappa shape index (κ2) is 5.07. The number of likely N-dealkylation sites (N-methyl/N-ethyl adjacent to an activating group) is 1. The summed E-state index contributed by atoms with van der Waals surface area (Å²) in [5.41, 5.74) is 7.31. The average Bonchev–Trinajstić information content (AvgIpc) is 3.12. The van der Waals surface area contributed by atoms with Gasteiger partial charge in [-0.2, -0.15) is 0 Å². The van der Waals surface area contributed by atoms with E-state index in [9.17, 15) is 5.11 Å². The number of benzene rings is 1. The molecule has 0 bridgehead atoms. The molecule has 17 heavy (non-hydrogen) atoms. The maximum Gasteiger partial charge on any atom is 0.0916 e. The van der Waals surface area contributed by atoms with E-state index in [1.165, 1.54) is 12.8 Å². The third-order valence-electron chi connectivity index (χ3n) is 3.78. The van der Waals surface area contributed by atoms with Crippen molar-refractivity contribution in [1.29, 1.82) is 0 Å². The molecule has 2 unspecified atom stereocenters. The lowest BCUT2D eigenvalue weighted by Gasteiger charge is -2.27. The van der Waals surface area contributed by atoms with E-state index in [1.807, 2.05) is 24.3 Å². The molecule has 0 spiro atoms. The summed E-state index contributed by atoms with van der Waals surface area (Å²) in [4.78, 5) is 2.25. The van der Waals surface area contributed by atoms with Crippen LogP contribution in [0.4, 0.5) is 5.69 Å². The van der Waals surface area contributed by atoms with Crippen LogP contribution in [-0.2, 0) is 0 Å². The number of anilines is 1. The Bertz CT molecular complexity index is 359. The Morgan fingerprint density at radius 2 is 1.94 bits per heavy atom. The van der Waals surface area contributed by atoms with Crippen LogP contribution >= 0.6 is 0 Å². The average molecular weight is 234 g/mol. The van der Waals surface area contributed by atoms with Crippen molar-refractivity contribution in [2.24, 2.45) is 5.92 Å². The molecule has 94 valence electrons. The summed E-state index contributed by atoms with van der Waals surface area (Å²) in [5, 5.41) is 10.2. The highest BCUT2D eigenvalue weighted by Gasteiger charge is 2.31. The second-order valence-corrected chi connectivity index (χ2v) is 5.20. The first-order chi connectivity index (χ1) is 8.08. The zero-order valence-corrected chi connectivity index (χ0v) is 10.6. The van der Waals surface area contributed by atoms with Crippen molar-refractivity contribution in [3.63, 3.8) is 0 Å². The summed E-state index contributed by atoms with van der Waals surface area (Å²) in [6.07, 6.45) is 2.24. The summed E-state index contributed by atoms with van der Waals surface area (Å²) < 4.78 is 0. The maximum absolute atomic E-state index is 10.2. The van der Waals surface area contributed by atoms with Gasteiger partial charge in [-0.1, -0.05) is 12.1 Å². The quantitative estimate of drug-likeness (QED) is 0.766. The standard InChI is InChI=1S/C14H22N2O/c1-10(11-3-4-11)16(2)9-14(17)12-5-7-13(15)8-6-12/h5-8,10-11,14,17H,3-4,9,15H2,1-2H3. The minimum Gasteiger partial charge on any atom is -0.399 e. The van der Waals surface area contributed by atoms with Gasteiger partial charge in [-0.25, -0.2) is 0 Å². The molecule has 2 atom stereocenters. The van der Waals surface area contributed by atoms with Crippen LogP contribution in [-0.4, -0.2) is 29.6 Å². The summed E-state index contributed by atoms with van der Waals surface area (Å²) >= 11 is 0. The van der Waals surface area contributed by atoms with Crippen molar-refractivity contribution >= 4 is 5.69 Å². The zero-order valence-electron chi connectivity index (χ0n) is 10.6. The Balaban J connectivity index is 1.91. The highest BCUT2D eigenvalue weighted by atomic mass is 16.3. The number of nitrogens with zero attached hydrogens (tertiary/aromatic N) is 1. The van der Waals surface area contributed by atoms with Crippen molar-refractivity contribution in [3.05, 3.63) is 29.8 Å². The van der Waals surface area contributed by atoms with E-state index in [0.717, 1.165) is 17.2 Å². The number of hydrogen-bond donors (Lipinski definition) is 2. The molecular formula is C14H22N2O. The van der Waals surface area contributed by atoms with Crippen molar-refractivity contribution in [2.75, 3.05) is 19.3 Å². The smallest absolute Gasteiger partial charge is 0.0916 e. The predicted molar refractivity (Wildman–Crippen MR) is 70.6 cm³/mol. The molecule has 1 aliphatic rings. The van der Waals surface area contributed by atoms with Gasteiger partial charge in [0.1, 0.15) is 0 Å². The lowest BCUT2D eigenvalue weighted by Crippen LogP contribution is -2.34. The van der Waals surface area contributed by atoms with Gasteiger partial charge >= 0.3 is 0 Å². The number of aliphatic hydroxyl groups is 1. The molecular weight excluding hydrogens is 212 g/mol. The van der Waals surface area contributed by atoms with Gasteiger partial charge in [0, 0.05) is 18.3 Å². The minimum atomic E-state index is -0.429. The summed E-state index contributed by atoms with van der Waals surface area (Å²) in [7, 11) is 2.09. The van der Waals surface area contributed by atoms with Crippen LogP contribution in [0.25, 0.3) is 0 Å². The Kier molecular flexibility index (Phi) is 3.69. The van der Waals surface area contributed by atoms with Crippen molar-refractivity contribution < 1.29 is 5.11 Å². The fourth-order valence-corrected chi connectivity index (χ4v) is 2.20. The molecule has 0 radical (unpaired) electrons. The van der Waals surface area contributed by atoms with Gasteiger partial charge in [0.2, 0.25) is 0 Å². The number of rotatable bonds is 5. The van der Waals surface area contributed by atoms with Crippen LogP contribution in [0, 0.1) is 5.92 Å². The fraction of sp³-hybridized carbons (Fsp3) is 0.571. The molecule has 0 aliphatic heterocycles. The van der Waals surface area contributed by atoms with Crippen LogP contribution < -0.4 is 5.73 Å². The van der Waals surface area contributed by atoms with Crippen LogP contribution in [0.5, 0.6) is 0 Å². The first kappa shape index (κ1) is 12.4. The van der Waals surface area contributed by atoms with E-state index in [4.69, 9.17) is 5.73 Å². The molecule has 3 nitrogen and oxygen atoms in total. The highest BCUT2D eigenvalue weighted by Crippen LogP contribution is 2.35. The first-order valence-electron chi connectivity index (χ1n) is 6.31. The van der Waals surface area contributed by atoms with Crippen LogP contribution in [0.3, 0.4) is 0 Å². The second-order valence-electron chi connectivity index (χ2n) is 5.20. The largest absolute Gasteiger partial charge is 0.399 e. The zero-order chi connectivity index (χ0) is 12.4. The van der Waals surface area contributed by atoms with Gasteiger partial charge in [0.25, 0.3) is 0 Å². The molecule has 1 fully saturated rings. The molecule has 1 aromatic carbocycles. The van der Waals surface area contributed by atoms with Crippen molar-refractivity contribution in [1.82, 2.24) is 4.90 Å². The molecule has 2 rings (SSSR count). The van der Waals surface area contributed by atoms with Gasteiger partial charge in [0.15, 0.2) is 0 Å². The number of nitrogen functional groups attached to an aromatic ring is 1. The van der Waals surface area contributed by atoms with Gasteiger partial charge in [-0.05, 0) is 50.4 Å². The first-order valence-corrected chi connectivity index (χ1v) is 6.31. The summed E-state index contributed by atoms with van der Waals surface area (Å²) in [5.74, 6) is 0.832.